The summed E-state index contributed by atoms with van der Waals surface area (Å²) in [5, 5.41) is 3.30. The molecule has 0 aliphatic carbocycles. The van der Waals surface area contributed by atoms with Gasteiger partial charge in [-0.2, -0.15) is 0 Å². The number of nitrogens with two attached hydrogens (primary N) is 1. The molecule has 7 heteroatoms. The Balaban J connectivity index is 1.72. The summed E-state index contributed by atoms with van der Waals surface area (Å²) < 4.78 is 13.4. The van der Waals surface area contributed by atoms with E-state index in [-0.39, 0.29) is 17.6 Å². The van der Waals surface area contributed by atoms with Crippen molar-refractivity contribution in [3.8, 4) is 0 Å². The highest BCUT2D eigenvalue weighted by Gasteiger charge is 2.22. The zero-order chi connectivity index (χ0) is 20.4. The molecule has 0 spiro atoms. The molecule has 6 nitrogen and oxygen atoms in total. The highest BCUT2D eigenvalue weighted by atomic mass is 19.1. The van der Waals surface area contributed by atoms with E-state index in [1.54, 1.807) is 12.1 Å². The van der Waals surface area contributed by atoms with E-state index in [2.05, 4.69) is 10.2 Å². The van der Waals surface area contributed by atoms with Crippen molar-refractivity contribution >= 4 is 11.9 Å². The van der Waals surface area contributed by atoms with E-state index < -0.39 is 0 Å². The number of halogens is 1. The van der Waals surface area contributed by atoms with Gasteiger partial charge in [-0.05, 0) is 69.9 Å². The Labute approximate surface area is 168 Å². The summed E-state index contributed by atoms with van der Waals surface area (Å²) >= 11 is 0. The molecule has 1 amide bonds. The zero-order valence-corrected chi connectivity index (χ0v) is 17.2. The maximum absolute atomic E-state index is 13.4. The number of hydrogen-bond donors (Lipinski definition) is 2. The number of guanidine groups is 1. The number of piperidine rings is 1. The average Bonchev–Trinajstić information content (AvgIpc) is 2.67. The van der Waals surface area contributed by atoms with Crippen LogP contribution < -0.4 is 11.1 Å². The summed E-state index contributed by atoms with van der Waals surface area (Å²) in [6.45, 7) is 7.15. The quantitative estimate of drug-likeness (QED) is 0.384. The molecule has 1 heterocycles. The third kappa shape index (κ3) is 7.46. The number of primary amides is 1. The predicted molar refractivity (Wildman–Crippen MR) is 111 cm³/mol. The fraction of sp³-hybridized carbons (Fsp3) is 0.619. The van der Waals surface area contributed by atoms with Crippen LogP contribution in [0.1, 0.15) is 38.2 Å². The number of aliphatic imine (C=N–C) groups is 1. The van der Waals surface area contributed by atoms with Crippen LogP contribution in [0.3, 0.4) is 0 Å². The lowest BCUT2D eigenvalue weighted by molar-refractivity contribution is -0.123. The Morgan fingerprint density at radius 1 is 1.36 bits per heavy atom. The van der Waals surface area contributed by atoms with Gasteiger partial charge in [0, 0.05) is 32.6 Å². The third-order valence-electron chi connectivity index (χ3n) is 5.14. The second kappa shape index (κ2) is 11.6. The van der Waals surface area contributed by atoms with Gasteiger partial charge < -0.3 is 20.9 Å². The van der Waals surface area contributed by atoms with Gasteiger partial charge in [0.25, 0.3) is 0 Å². The molecule has 1 aromatic carbocycles. The molecule has 3 N–H and O–H groups in total. The number of rotatable bonds is 9. The summed E-state index contributed by atoms with van der Waals surface area (Å²) in [5.41, 5.74) is 6.31. The number of nitrogens with zero attached hydrogens (tertiary/aromatic N) is 3. The SMILES string of the molecule is CCNC(=NCCCCN1CCC(C(N)=O)CC1)N(C)Cc1cccc(F)c1. The molecule has 1 saturated heterocycles. The normalized spacial score (nSPS) is 16.2. The molecule has 0 aromatic heterocycles. The lowest BCUT2D eigenvalue weighted by Crippen LogP contribution is -2.39. The summed E-state index contributed by atoms with van der Waals surface area (Å²) in [6.07, 6.45) is 3.85. The van der Waals surface area contributed by atoms with Crippen molar-refractivity contribution in [1.29, 1.82) is 0 Å². The van der Waals surface area contributed by atoms with Gasteiger partial charge in [-0.1, -0.05) is 12.1 Å². The number of nitrogens with one attached hydrogen (secondary N) is 1. The molecular weight excluding hydrogens is 357 g/mol. The van der Waals surface area contributed by atoms with Crippen LogP contribution in [0.4, 0.5) is 4.39 Å². The van der Waals surface area contributed by atoms with Crippen molar-refractivity contribution in [2.45, 2.75) is 39.2 Å². The fourth-order valence-corrected chi connectivity index (χ4v) is 3.53. The molecule has 0 radical (unpaired) electrons. The Morgan fingerprint density at radius 2 is 2.11 bits per heavy atom. The van der Waals surface area contributed by atoms with Crippen molar-refractivity contribution in [1.82, 2.24) is 15.1 Å². The highest BCUT2D eigenvalue weighted by Crippen LogP contribution is 2.16. The monoisotopic (exact) mass is 391 g/mol. The first-order valence-electron chi connectivity index (χ1n) is 10.2. The molecule has 0 bridgehead atoms. The van der Waals surface area contributed by atoms with Crippen molar-refractivity contribution in [3.63, 3.8) is 0 Å². The van der Waals surface area contributed by atoms with Crippen LogP contribution in [-0.4, -0.2) is 61.4 Å². The van der Waals surface area contributed by atoms with Gasteiger partial charge in [0.2, 0.25) is 5.91 Å². The first-order valence-corrected chi connectivity index (χ1v) is 10.2. The van der Waals surface area contributed by atoms with E-state index in [9.17, 15) is 9.18 Å². The Bertz CT molecular complexity index is 643. The Hall–Kier alpha value is -2.15. The van der Waals surface area contributed by atoms with Gasteiger partial charge in [-0.15, -0.1) is 0 Å². The molecule has 2 rings (SSSR count). The summed E-state index contributed by atoms with van der Waals surface area (Å²) in [5.74, 6) is 0.520. The minimum absolute atomic E-state index is 0.0529. The average molecular weight is 392 g/mol. The van der Waals surface area contributed by atoms with E-state index in [4.69, 9.17) is 10.7 Å². The van der Waals surface area contributed by atoms with Crippen LogP contribution in [0, 0.1) is 11.7 Å². The number of benzene rings is 1. The van der Waals surface area contributed by atoms with Crippen LogP contribution in [0.5, 0.6) is 0 Å². The van der Waals surface area contributed by atoms with Crippen molar-refractivity contribution in [2.24, 2.45) is 16.6 Å². The van der Waals surface area contributed by atoms with Crippen molar-refractivity contribution in [2.75, 3.05) is 39.8 Å². The molecule has 0 saturated carbocycles. The molecule has 1 aliphatic rings. The summed E-state index contributed by atoms with van der Waals surface area (Å²) in [7, 11) is 1.97. The predicted octanol–water partition coefficient (Wildman–Crippen LogP) is 2.20. The smallest absolute Gasteiger partial charge is 0.220 e. The van der Waals surface area contributed by atoms with Crippen LogP contribution in [-0.2, 0) is 11.3 Å². The fourth-order valence-electron chi connectivity index (χ4n) is 3.53. The molecule has 28 heavy (non-hydrogen) atoms. The Kier molecular flexibility index (Phi) is 9.20. The number of carbonyl (C=O) groups excluding carboxylic acids is 1. The summed E-state index contributed by atoms with van der Waals surface area (Å²) in [6, 6.07) is 6.67. The minimum Gasteiger partial charge on any atom is -0.369 e. The lowest BCUT2D eigenvalue weighted by Gasteiger charge is -2.30. The van der Waals surface area contributed by atoms with Gasteiger partial charge in [0.1, 0.15) is 5.82 Å². The number of likely N-dealkylation sites (tertiary alicyclic amines) is 1. The van der Waals surface area contributed by atoms with E-state index in [0.29, 0.717) is 6.54 Å². The van der Waals surface area contributed by atoms with E-state index >= 15 is 0 Å². The van der Waals surface area contributed by atoms with Gasteiger partial charge in [-0.3, -0.25) is 9.79 Å². The standard InChI is InChI=1S/C21H34FN5O/c1-3-24-21(26(2)16-17-7-6-8-19(22)15-17)25-11-4-5-12-27-13-9-18(10-14-27)20(23)28/h6-8,15,18H,3-5,9-14,16H2,1-2H3,(H2,23,28)(H,24,25). The maximum atomic E-state index is 13.4. The van der Waals surface area contributed by atoms with Gasteiger partial charge in [0.15, 0.2) is 5.96 Å². The van der Waals surface area contributed by atoms with Gasteiger partial charge in [-0.25, -0.2) is 4.39 Å². The topological polar surface area (TPSA) is 74.0 Å². The van der Waals surface area contributed by atoms with Crippen LogP contribution in [0.25, 0.3) is 0 Å². The molecular formula is C21H34FN5O. The highest BCUT2D eigenvalue weighted by molar-refractivity contribution is 5.79. The maximum Gasteiger partial charge on any atom is 0.220 e. The van der Waals surface area contributed by atoms with Crippen LogP contribution >= 0.6 is 0 Å². The van der Waals surface area contributed by atoms with E-state index in [1.807, 2.05) is 24.9 Å². The molecule has 156 valence electrons. The Morgan fingerprint density at radius 3 is 2.75 bits per heavy atom. The molecule has 1 fully saturated rings. The molecule has 1 aliphatic heterocycles. The minimum atomic E-state index is -0.215. The molecule has 0 unspecified atom stereocenters. The summed E-state index contributed by atoms with van der Waals surface area (Å²) in [4.78, 5) is 20.4. The largest absolute Gasteiger partial charge is 0.369 e. The number of amides is 1. The van der Waals surface area contributed by atoms with Crippen LogP contribution in [0.2, 0.25) is 0 Å². The van der Waals surface area contributed by atoms with E-state index in [1.165, 1.54) is 6.07 Å². The van der Waals surface area contributed by atoms with Crippen LogP contribution in [0.15, 0.2) is 29.3 Å². The van der Waals surface area contributed by atoms with Crippen molar-refractivity contribution < 1.29 is 9.18 Å². The molecule has 1 aromatic rings. The number of hydrogen-bond acceptors (Lipinski definition) is 3. The van der Waals surface area contributed by atoms with Crippen molar-refractivity contribution in [3.05, 3.63) is 35.6 Å². The van der Waals surface area contributed by atoms with Gasteiger partial charge >= 0.3 is 0 Å². The second-order valence-electron chi connectivity index (χ2n) is 7.45. The number of carbonyl (C=O) groups is 1. The first kappa shape index (κ1) is 22.1. The zero-order valence-electron chi connectivity index (χ0n) is 17.2. The van der Waals surface area contributed by atoms with Gasteiger partial charge in [0.05, 0.1) is 0 Å². The molecule has 0 atom stereocenters. The lowest BCUT2D eigenvalue weighted by atomic mass is 9.96. The van der Waals surface area contributed by atoms with E-state index in [0.717, 1.165) is 69.9 Å². The second-order valence-corrected chi connectivity index (χ2v) is 7.45. The first-order chi connectivity index (χ1) is 13.5. The third-order valence-corrected chi connectivity index (χ3v) is 5.14. The number of unbranched alkanes of at least 4 members (excludes halogenated alkanes) is 1.